The number of likely N-dealkylation sites (N-methyl/N-ethyl adjacent to an activating group) is 1. The van der Waals surface area contributed by atoms with Crippen LogP contribution in [0.4, 0.5) is 5.69 Å². The van der Waals surface area contributed by atoms with Crippen molar-refractivity contribution in [3.8, 4) is 22.8 Å². The number of nitrogens with one attached hydrogen (secondary N) is 1. The highest BCUT2D eigenvalue weighted by atomic mass is 35.5. The molecule has 158 valence electrons. The monoisotopic (exact) mass is 434 g/mol. The Morgan fingerprint density at radius 1 is 1.03 bits per heavy atom. The molecule has 1 aromatic carbocycles. The first-order valence-corrected chi connectivity index (χ1v) is 10.6. The number of halogens is 1. The van der Waals surface area contributed by atoms with E-state index in [0.717, 1.165) is 54.3 Å². The molecule has 4 aromatic rings. The number of aromatic amines is 1. The lowest BCUT2D eigenvalue weighted by atomic mass is 10.1. The second kappa shape index (κ2) is 8.26. The number of aromatic nitrogens is 4. The summed E-state index contributed by atoms with van der Waals surface area (Å²) in [5, 5.41) is 9.71. The quantitative estimate of drug-likeness (QED) is 0.511. The molecule has 0 atom stereocenters. The average Bonchev–Trinajstić information content (AvgIpc) is 3.23. The van der Waals surface area contributed by atoms with E-state index in [-0.39, 0.29) is 6.61 Å². The Balaban J connectivity index is 1.40. The van der Waals surface area contributed by atoms with Crippen molar-refractivity contribution in [3.05, 3.63) is 59.4 Å². The Hall–Kier alpha value is -3.00. The molecule has 3 aromatic heterocycles. The largest absolute Gasteiger partial charge is 0.392 e. The van der Waals surface area contributed by atoms with Gasteiger partial charge in [0, 0.05) is 49.8 Å². The molecular formula is C23H23ClN6O. The summed E-state index contributed by atoms with van der Waals surface area (Å²) in [6, 6.07) is 11.9. The van der Waals surface area contributed by atoms with Crippen LogP contribution < -0.4 is 4.90 Å². The summed E-state index contributed by atoms with van der Waals surface area (Å²) in [5.41, 5.74) is 6.02. The molecule has 4 heterocycles. The minimum absolute atomic E-state index is 0.0905. The normalized spacial score (nSPS) is 15.0. The number of piperazine rings is 1. The molecule has 0 radical (unpaired) electrons. The lowest BCUT2D eigenvalue weighted by Crippen LogP contribution is -2.44. The van der Waals surface area contributed by atoms with E-state index >= 15 is 0 Å². The smallest absolute Gasteiger partial charge is 0.157 e. The van der Waals surface area contributed by atoms with Crippen molar-refractivity contribution in [3.63, 3.8) is 0 Å². The highest BCUT2D eigenvalue weighted by Gasteiger charge is 2.16. The van der Waals surface area contributed by atoms with Gasteiger partial charge in [0.1, 0.15) is 5.69 Å². The first-order chi connectivity index (χ1) is 15.1. The molecule has 8 heteroatoms. The number of aliphatic hydroxyl groups is 1. The molecule has 0 saturated carbocycles. The van der Waals surface area contributed by atoms with Gasteiger partial charge in [-0.2, -0.15) is 0 Å². The van der Waals surface area contributed by atoms with Crippen LogP contribution in [0.3, 0.4) is 0 Å². The first-order valence-electron chi connectivity index (χ1n) is 10.3. The summed E-state index contributed by atoms with van der Waals surface area (Å²) < 4.78 is 0. The van der Waals surface area contributed by atoms with Crippen molar-refractivity contribution in [2.24, 2.45) is 0 Å². The molecule has 0 spiro atoms. The zero-order valence-corrected chi connectivity index (χ0v) is 18.0. The van der Waals surface area contributed by atoms with Crippen LogP contribution >= 0.6 is 11.6 Å². The van der Waals surface area contributed by atoms with Crippen molar-refractivity contribution < 1.29 is 5.11 Å². The van der Waals surface area contributed by atoms with Crippen molar-refractivity contribution in [1.82, 2.24) is 24.8 Å². The molecule has 1 aliphatic rings. The predicted octanol–water partition coefficient (Wildman–Crippen LogP) is 3.58. The van der Waals surface area contributed by atoms with Gasteiger partial charge in [-0.1, -0.05) is 11.6 Å². The van der Waals surface area contributed by atoms with Gasteiger partial charge in [0.2, 0.25) is 0 Å². The Morgan fingerprint density at radius 3 is 2.58 bits per heavy atom. The van der Waals surface area contributed by atoms with Gasteiger partial charge in [0.15, 0.2) is 5.82 Å². The van der Waals surface area contributed by atoms with Gasteiger partial charge in [-0.05, 0) is 49.0 Å². The highest BCUT2D eigenvalue weighted by molar-refractivity contribution is 6.33. The second-order valence-electron chi connectivity index (χ2n) is 7.84. The number of rotatable bonds is 4. The van der Waals surface area contributed by atoms with E-state index < -0.39 is 0 Å². The Bertz CT molecular complexity index is 1210. The molecular weight excluding hydrogens is 412 g/mol. The van der Waals surface area contributed by atoms with Crippen LogP contribution in [0, 0.1) is 0 Å². The summed E-state index contributed by atoms with van der Waals surface area (Å²) in [4.78, 5) is 21.8. The number of anilines is 1. The van der Waals surface area contributed by atoms with Crippen LogP contribution in [0.25, 0.3) is 33.8 Å². The number of nitrogens with zero attached hydrogens (tertiary/aromatic N) is 5. The summed E-state index contributed by atoms with van der Waals surface area (Å²) in [5.74, 6) is 0.728. The zero-order chi connectivity index (χ0) is 21.4. The van der Waals surface area contributed by atoms with Gasteiger partial charge in [0.05, 0.1) is 28.4 Å². The van der Waals surface area contributed by atoms with Crippen LogP contribution in [-0.2, 0) is 6.61 Å². The van der Waals surface area contributed by atoms with E-state index in [2.05, 4.69) is 50.0 Å². The fourth-order valence-electron chi connectivity index (χ4n) is 3.83. The minimum atomic E-state index is -0.0905. The SMILES string of the molecule is CN1CCN(c2ccc3nc(-c4ccc(-c5ncc(CO)cc5Cl)cn4)[nH]c3c2)CC1. The van der Waals surface area contributed by atoms with E-state index in [0.29, 0.717) is 16.3 Å². The maximum absolute atomic E-state index is 9.22. The molecule has 2 N–H and O–H groups in total. The number of pyridine rings is 2. The first kappa shape index (κ1) is 19.9. The third kappa shape index (κ3) is 3.99. The van der Waals surface area contributed by atoms with Crippen LogP contribution in [0.1, 0.15) is 5.56 Å². The molecule has 0 amide bonds. The number of benzene rings is 1. The third-order valence-electron chi connectivity index (χ3n) is 5.69. The van der Waals surface area contributed by atoms with Crippen molar-refractivity contribution >= 4 is 28.3 Å². The molecule has 0 bridgehead atoms. The van der Waals surface area contributed by atoms with Crippen LogP contribution in [-0.4, -0.2) is 63.2 Å². The van der Waals surface area contributed by atoms with Crippen molar-refractivity contribution in [1.29, 1.82) is 0 Å². The fourth-order valence-corrected chi connectivity index (χ4v) is 4.13. The summed E-state index contributed by atoms with van der Waals surface area (Å²) in [6.45, 7) is 4.12. The molecule has 5 rings (SSSR count). The topological polar surface area (TPSA) is 81.2 Å². The lowest BCUT2D eigenvalue weighted by Gasteiger charge is -2.34. The van der Waals surface area contributed by atoms with Crippen LogP contribution in [0.2, 0.25) is 5.02 Å². The number of aliphatic hydroxyl groups excluding tert-OH is 1. The van der Waals surface area contributed by atoms with Crippen LogP contribution in [0.5, 0.6) is 0 Å². The number of hydrogen-bond donors (Lipinski definition) is 2. The summed E-state index contributed by atoms with van der Waals surface area (Å²) in [6.07, 6.45) is 3.36. The maximum Gasteiger partial charge on any atom is 0.157 e. The van der Waals surface area contributed by atoms with Crippen molar-refractivity contribution in [2.75, 3.05) is 38.1 Å². The summed E-state index contributed by atoms with van der Waals surface area (Å²) >= 11 is 6.31. The van der Waals surface area contributed by atoms with Crippen molar-refractivity contribution in [2.45, 2.75) is 6.61 Å². The van der Waals surface area contributed by atoms with E-state index in [9.17, 15) is 5.11 Å². The Labute approximate surface area is 185 Å². The van der Waals surface area contributed by atoms with Crippen LogP contribution in [0.15, 0.2) is 48.8 Å². The zero-order valence-electron chi connectivity index (χ0n) is 17.2. The summed E-state index contributed by atoms with van der Waals surface area (Å²) in [7, 11) is 2.16. The number of imidazole rings is 1. The molecule has 1 saturated heterocycles. The van der Waals surface area contributed by atoms with E-state index in [1.54, 1.807) is 18.5 Å². The van der Waals surface area contributed by atoms with E-state index in [4.69, 9.17) is 16.6 Å². The van der Waals surface area contributed by atoms with Gasteiger partial charge in [-0.15, -0.1) is 0 Å². The number of fused-ring (bicyclic) bond motifs is 1. The fraction of sp³-hybridized carbons (Fsp3) is 0.261. The van der Waals surface area contributed by atoms with Gasteiger partial charge in [-0.3, -0.25) is 9.97 Å². The molecule has 7 nitrogen and oxygen atoms in total. The third-order valence-corrected chi connectivity index (χ3v) is 5.98. The highest BCUT2D eigenvalue weighted by Crippen LogP contribution is 2.28. The molecule has 0 unspecified atom stereocenters. The Morgan fingerprint density at radius 2 is 1.87 bits per heavy atom. The van der Waals surface area contributed by atoms with Gasteiger partial charge in [-0.25, -0.2) is 4.98 Å². The Kier molecular flexibility index (Phi) is 5.31. The predicted molar refractivity (Wildman–Crippen MR) is 123 cm³/mol. The second-order valence-corrected chi connectivity index (χ2v) is 8.25. The maximum atomic E-state index is 9.22. The molecule has 1 fully saturated rings. The lowest BCUT2D eigenvalue weighted by molar-refractivity contribution is 0.281. The number of H-pyrrole nitrogens is 1. The van der Waals surface area contributed by atoms with Gasteiger partial charge >= 0.3 is 0 Å². The van der Waals surface area contributed by atoms with E-state index in [1.807, 2.05) is 12.1 Å². The molecule has 1 aliphatic heterocycles. The molecule has 31 heavy (non-hydrogen) atoms. The standard InChI is InChI=1S/C23H23ClN6O/c1-29-6-8-30(9-7-29)17-3-5-19-21(11-17)28-23(27-19)20-4-2-16(13-25-20)22-18(24)10-15(14-31)12-26-22/h2-5,10-13,31H,6-9,14H2,1H3,(H,27,28). The van der Waals surface area contributed by atoms with Gasteiger partial charge < -0.3 is 19.9 Å². The average molecular weight is 435 g/mol. The number of hydrogen-bond acceptors (Lipinski definition) is 6. The minimum Gasteiger partial charge on any atom is -0.392 e. The van der Waals surface area contributed by atoms with Gasteiger partial charge in [0.25, 0.3) is 0 Å². The van der Waals surface area contributed by atoms with E-state index in [1.165, 1.54) is 5.69 Å². The molecule has 0 aliphatic carbocycles.